The molecule has 0 bridgehead atoms. The van der Waals surface area contributed by atoms with Crippen molar-refractivity contribution in [1.29, 1.82) is 0 Å². The van der Waals surface area contributed by atoms with Gasteiger partial charge in [-0.25, -0.2) is 8.42 Å². The first-order chi connectivity index (χ1) is 10.0. The largest absolute Gasteiger partial charge is 0.392 e. The Morgan fingerprint density at radius 3 is 2.19 bits per heavy atom. The molecule has 0 atom stereocenters. The number of sulfonamides is 1. The lowest BCUT2D eigenvalue weighted by molar-refractivity contribution is 0.280. The van der Waals surface area contributed by atoms with Gasteiger partial charge < -0.3 is 5.11 Å². The van der Waals surface area contributed by atoms with Crippen LogP contribution in [0, 0.1) is 18.8 Å². The van der Waals surface area contributed by atoms with Crippen LogP contribution in [0.25, 0.3) is 0 Å². The van der Waals surface area contributed by atoms with Gasteiger partial charge in [-0.2, -0.15) is 4.31 Å². The first-order valence-electron chi connectivity index (χ1n) is 7.72. The van der Waals surface area contributed by atoms with Crippen LogP contribution in [0.15, 0.2) is 23.1 Å². The van der Waals surface area contributed by atoms with Crippen molar-refractivity contribution in [1.82, 2.24) is 4.31 Å². The van der Waals surface area contributed by atoms with Crippen molar-refractivity contribution in [2.24, 2.45) is 11.8 Å². The Balaban J connectivity index is 1.91. The average molecular weight is 309 g/mol. The van der Waals surface area contributed by atoms with E-state index in [4.69, 9.17) is 0 Å². The number of nitrogens with zero attached hydrogens (tertiary/aromatic N) is 1. The summed E-state index contributed by atoms with van der Waals surface area (Å²) in [4.78, 5) is 0.357. The van der Waals surface area contributed by atoms with Crippen molar-refractivity contribution in [2.45, 2.75) is 44.1 Å². The van der Waals surface area contributed by atoms with E-state index < -0.39 is 10.0 Å². The predicted octanol–water partition coefficient (Wildman–Crippen LogP) is 2.30. The number of aliphatic hydroxyl groups is 1. The third kappa shape index (κ3) is 3.30. The zero-order chi connectivity index (χ0) is 15.0. The molecule has 3 rings (SSSR count). The summed E-state index contributed by atoms with van der Waals surface area (Å²) in [6.45, 7) is 2.97. The molecule has 0 unspecified atom stereocenters. The summed E-state index contributed by atoms with van der Waals surface area (Å²) < 4.78 is 27.7. The van der Waals surface area contributed by atoms with Gasteiger partial charge in [0.05, 0.1) is 11.5 Å². The van der Waals surface area contributed by atoms with Gasteiger partial charge in [-0.15, -0.1) is 0 Å². The van der Waals surface area contributed by atoms with Crippen LogP contribution < -0.4 is 0 Å². The van der Waals surface area contributed by atoms with Crippen molar-refractivity contribution in [2.75, 3.05) is 13.1 Å². The van der Waals surface area contributed by atoms with Crippen molar-refractivity contribution < 1.29 is 13.5 Å². The zero-order valence-electron chi connectivity index (χ0n) is 12.5. The van der Waals surface area contributed by atoms with Gasteiger partial charge in [-0.05, 0) is 61.6 Å². The number of hydrogen-bond acceptors (Lipinski definition) is 3. The molecule has 0 spiro atoms. The fraction of sp³-hybridized carbons (Fsp3) is 0.625. The molecule has 4 nitrogen and oxygen atoms in total. The van der Waals surface area contributed by atoms with Crippen LogP contribution in [0.5, 0.6) is 0 Å². The van der Waals surface area contributed by atoms with E-state index >= 15 is 0 Å². The number of aliphatic hydroxyl groups excluding tert-OH is 1. The highest BCUT2D eigenvalue weighted by Gasteiger charge is 2.36. The van der Waals surface area contributed by atoms with E-state index in [2.05, 4.69) is 0 Å². The van der Waals surface area contributed by atoms with Gasteiger partial charge in [-0.1, -0.05) is 12.1 Å². The lowest BCUT2D eigenvalue weighted by atomic mass is 10.1. The van der Waals surface area contributed by atoms with Crippen molar-refractivity contribution in [3.63, 3.8) is 0 Å². The maximum absolute atomic E-state index is 13.0. The monoisotopic (exact) mass is 309 g/mol. The molecule has 0 saturated heterocycles. The van der Waals surface area contributed by atoms with Crippen LogP contribution in [0.2, 0.25) is 0 Å². The Morgan fingerprint density at radius 1 is 1.14 bits per heavy atom. The SMILES string of the molecule is Cc1c(CO)cccc1S(=O)(=O)N(CC1CC1)CC1CC1. The summed E-state index contributed by atoms with van der Waals surface area (Å²) in [6, 6.07) is 5.16. The summed E-state index contributed by atoms with van der Waals surface area (Å²) >= 11 is 0. The highest BCUT2D eigenvalue weighted by Crippen LogP contribution is 2.36. The van der Waals surface area contributed by atoms with Crippen molar-refractivity contribution in [3.05, 3.63) is 29.3 Å². The molecule has 2 fully saturated rings. The summed E-state index contributed by atoms with van der Waals surface area (Å²) in [5, 5.41) is 9.35. The second kappa shape index (κ2) is 5.71. The number of hydrogen-bond donors (Lipinski definition) is 1. The van der Waals surface area contributed by atoms with Gasteiger partial charge in [0.15, 0.2) is 0 Å². The van der Waals surface area contributed by atoms with E-state index in [-0.39, 0.29) is 6.61 Å². The lowest BCUT2D eigenvalue weighted by Gasteiger charge is -2.23. The van der Waals surface area contributed by atoms with Gasteiger partial charge >= 0.3 is 0 Å². The molecule has 1 aromatic rings. The van der Waals surface area contributed by atoms with E-state index in [0.717, 1.165) is 25.7 Å². The van der Waals surface area contributed by atoms with Crippen molar-refractivity contribution in [3.8, 4) is 0 Å². The molecular formula is C16H23NO3S. The molecular weight excluding hydrogens is 286 g/mol. The van der Waals surface area contributed by atoms with Gasteiger partial charge in [-0.3, -0.25) is 0 Å². The molecule has 1 N–H and O–H groups in total. The smallest absolute Gasteiger partial charge is 0.243 e. The number of benzene rings is 1. The molecule has 0 radical (unpaired) electrons. The topological polar surface area (TPSA) is 57.6 Å². The fourth-order valence-corrected chi connectivity index (χ4v) is 4.56. The minimum absolute atomic E-state index is 0.125. The molecule has 116 valence electrons. The van der Waals surface area contributed by atoms with Gasteiger partial charge in [0.1, 0.15) is 0 Å². The standard InChI is InChI=1S/C16H23NO3S/c1-12-15(11-18)3-2-4-16(12)21(19,20)17(9-13-5-6-13)10-14-7-8-14/h2-4,13-14,18H,5-11H2,1H3. The maximum atomic E-state index is 13.0. The molecule has 1 aromatic carbocycles. The van der Waals surface area contributed by atoms with Gasteiger partial charge in [0, 0.05) is 13.1 Å². The minimum atomic E-state index is -3.45. The predicted molar refractivity (Wildman–Crippen MR) is 81.3 cm³/mol. The second-order valence-corrected chi connectivity index (χ2v) is 8.31. The highest BCUT2D eigenvalue weighted by molar-refractivity contribution is 7.89. The summed E-state index contributed by atoms with van der Waals surface area (Å²) in [7, 11) is -3.45. The van der Waals surface area contributed by atoms with Crippen LogP contribution in [-0.4, -0.2) is 30.9 Å². The first-order valence-corrected chi connectivity index (χ1v) is 9.16. The summed E-state index contributed by atoms with van der Waals surface area (Å²) in [5.41, 5.74) is 1.37. The average Bonchev–Trinajstić information content (AvgIpc) is 3.33. The molecule has 21 heavy (non-hydrogen) atoms. The Morgan fingerprint density at radius 2 is 1.71 bits per heavy atom. The molecule has 0 amide bonds. The quantitative estimate of drug-likeness (QED) is 0.841. The molecule has 0 aliphatic heterocycles. The fourth-order valence-electron chi connectivity index (χ4n) is 2.70. The van der Waals surface area contributed by atoms with Crippen LogP contribution in [-0.2, 0) is 16.6 Å². The van der Waals surface area contributed by atoms with Gasteiger partial charge in [0.2, 0.25) is 10.0 Å². The second-order valence-electron chi connectivity index (χ2n) is 6.41. The Hall–Kier alpha value is -0.910. The van der Waals surface area contributed by atoms with E-state index in [9.17, 15) is 13.5 Å². The van der Waals surface area contributed by atoms with E-state index in [0.29, 0.717) is 40.9 Å². The number of rotatable bonds is 7. The molecule has 2 saturated carbocycles. The molecule has 0 aromatic heterocycles. The highest BCUT2D eigenvalue weighted by atomic mass is 32.2. The maximum Gasteiger partial charge on any atom is 0.243 e. The Labute approximate surface area is 126 Å². The normalized spacial score (nSPS) is 19.2. The first kappa shape index (κ1) is 15.0. The Bertz CT molecular complexity index is 604. The van der Waals surface area contributed by atoms with Crippen LogP contribution in [0.4, 0.5) is 0 Å². The third-order valence-corrected chi connectivity index (χ3v) is 6.48. The lowest BCUT2D eigenvalue weighted by Crippen LogP contribution is -2.35. The van der Waals surface area contributed by atoms with E-state index in [1.54, 1.807) is 29.4 Å². The summed E-state index contributed by atoms with van der Waals surface area (Å²) in [5.74, 6) is 1.08. The molecule has 2 aliphatic carbocycles. The van der Waals surface area contributed by atoms with Crippen LogP contribution in [0.1, 0.15) is 36.8 Å². The minimum Gasteiger partial charge on any atom is -0.392 e. The van der Waals surface area contributed by atoms with Crippen LogP contribution in [0.3, 0.4) is 0 Å². The summed E-state index contributed by atoms with van der Waals surface area (Å²) in [6.07, 6.45) is 4.58. The van der Waals surface area contributed by atoms with E-state index in [1.807, 2.05) is 0 Å². The van der Waals surface area contributed by atoms with Crippen molar-refractivity contribution >= 4 is 10.0 Å². The zero-order valence-corrected chi connectivity index (χ0v) is 13.3. The van der Waals surface area contributed by atoms with Crippen LogP contribution >= 0.6 is 0 Å². The van der Waals surface area contributed by atoms with E-state index in [1.165, 1.54) is 0 Å². The third-order valence-electron chi connectivity index (χ3n) is 4.50. The Kier molecular flexibility index (Phi) is 4.08. The molecule has 5 heteroatoms. The van der Waals surface area contributed by atoms with Gasteiger partial charge in [0.25, 0.3) is 0 Å². The molecule has 2 aliphatic rings. The molecule has 0 heterocycles.